The molecule has 0 saturated heterocycles. The number of aromatic hydroxyl groups is 1. The van der Waals surface area contributed by atoms with Crippen LogP contribution in [0.1, 0.15) is 18.2 Å². The molecular formula is C19H16F4N2O3S. The van der Waals surface area contributed by atoms with Gasteiger partial charge < -0.3 is 5.11 Å². The van der Waals surface area contributed by atoms with Crippen LogP contribution in [0.3, 0.4) is 0 Å². The molecular weight excluding hydrogens is 412 g/mol. The summed E-state index contributed by atoms with van der Waals surface area (Å²) in [5.41, 5.74) is -0.408. The average molecular weight is 428 g/mol. The Kier molecular flexibility index (Phi) is 5.16. The zero-order valence-corrected chi connectivity index (χ0v) is 16.1. The van der Waals surface area contributed by atoms with Gasteiger partial charge in [-0.3, -0.25) is 0 Å². The van der Waals surface area contributed by atoms with Gasteiger partial charge in [0, 0.05) is 17.9 Å². The molecule has 3 rings (SSSR count). The first-order chi connectivity index (χ1) is 13.4. The summed E-state index contributed by atoms with van der Waals surface area (Å²) in [6.45, 7) is 1.77. The summed E-state index contributed by atoms with van der Waals surface area (Å²) >= 11 is 0. The minimum Gasteiger partial charge on any atom is -0.508 e. The molecule has 0 aliphatic heterocycles. The van der Waals surface area contributed by atoms with Crippen molar-refractivity contribution in [2.45, 2.75) is 24.4 Å². The molecule has 0 unspecified atom stereocenters. The maximum Gasteiger partial charge on any atom is 0.435 e. The highest BCUT2D eigenvalue weighted by atomic mass is 32.2. The first-order valence-corrected chi connectivity index (χ1v) is 10.3. The van der Waals surface area contributed by atoms with E-state index in [0.717, 1.165) is 29.1 Å². The van der Waals surface area contributed by atoms with Crippen LogP contribution >= 0.6 is 0 Å². The number of halogens is 4. The molecule has 0 radical (unpaired) electrons. The second-order valence-electron chi connectivity index (χ2n) is 6.41. The number of benzene rings is 2. The predicted molar refractivity (Wildman–Crippen MR) is 98.1 cm³/mol. The molecule has 154 valence electrons. The van der Waals surface area contributed by atoms with Crippen molar-refractivity contribution >= 4 is 9.84 Å². The molecule has 2 aromatic carbocycles. The number of phenols is 1. The molecule has 29 heavy (non-hydrogen) atoms. The average Bonchev–Trinajstić information content (AvgIpc) is 3.06. The van der Waals surface area contributed by atoms with E-state index >= 15 is 0 Å². The summed E-state index contributed by atoms with van der Waals surface area (Å²) in [4.78, 5) is -0.566. The van der Waals surface area contributed by atoms with Crippen LogP contribution in [0.4, 0.5) is 17.6 Å². The molecule has 0 saturated carbocycles. The van der Waals surface area contributed by atoms with Crippen LogP contribution in [0.15, 0.2) is 47.4 Å². The van der Waals surface area contributed by atoms with Crippen molar-refractivity contribution in [2.24, 2.45) is 0 Å². The van der Waals surface area contributed by atoms with Gasteiger partial charge in [-0.25, -0.2) is 17.5 Å². The van der Waals surface area contributed by atoms with Crippen molar-refractivity contribution in [3.05, 3.63) is 59.5 Å². The highest BCUT2D eigenvalue weighted by molar-refractivity contribution is 7.90. The van der Waals surface area contributed by atoms with Crippen molar-refractivity contribution in [3.8, 4) is 22.7 Å². The molecule has 0 aliphatic carbocycles. The van der Waals surface area contributed by atoms with E-state index in [1.807, 2.05) is 0 Å². The number of sulfone groups is 1. The molecule has 0 atom stereocenters. The molecule has 0 bridgehead atoms. The van der Waals surface area contributed by atoms with Gasteiger partial charge in [-0.05, 0) is 48.4 Å². The highest BCUT2D eigenvalue weighted by Crippen LogP contribution is 2.35. The van der Waals surface area contributed by atoms with Crippen LogP contribution in [-0.4, -0.2) is 29.6 Å². The Bertz CT molecular complexity index is 1180. The summed E-state index contributed by atoms with van der Waals surface area (Å²) in [7, 11) is -3.84. The Labute approximate surface area is 164 Å². The van der Waals surface area contributed by atoms with Crippen molar-refractivity contribution < 1.29 is 31.1 Å². The Balaban J connectivity index is 2.24. The lowest BCUT2D eigenvalue weighted by atomic mass is 10.0. The molecule has 3 aromatic rings. The molecule has 0 fully saturated rings. The van der Waals surface area contributed by atoms with Crippen molar-refractivity contribution in [2.75, 3.05) is 6.26 Å². The lowest BCUT2D eigenvalue weighted by Gasteiger charge is -2.11. The lowest BCUT2D eigenvalue weighted by molar-refractivity contribution is -0.141. The van der Waals surface area contributed by atoms with Crippen LogP contribution in [-0.2, 0) is 22.4 Å². The first-order valence-electron chi connectivity index (χ1n) is 8.41. The third kappa shape index (κ3) is 4.12. The van der Waals surface area contributed by atoms with E-state index in [0.29, 0.717) is 17.5 Å². The second kappa shape index (κ2) is 7.18. The summed E-state index contributed by atoms with van der Waals surface area (Å²) in [6, 6.07) is 8.08. The van der Waals surface area contributed by atoms with E-state index in [4.69, 9.17) is 0 Å². The Hall–Kier alpha value is -2.88. The van der Waals surface area contributed by atoms with Crippen LogP contribution in [0, 0.1) is 5.82 Å². The topological polar surface area (TPSA) is 72.2 Å². The minimum atomic E-state index is -4.74. The molecule has 1 N–H and O–H groups in total. The predicted octanol–water partition coefficient (Wildman–Crippen LogP) is 4.37. The second-order valence-corrected chi connectivity index (χ2v) is 8.39. The van der Waals surface area contributed by atoms with E-state index in [2.05, 4.69) is 5.10 Å². The number of hydrogen-bond acceptors (Lipinski definition) is 4. The van der Waals surface area contributed by atoms with Gasteiger partial charge in [0.15, 0.2) is 15.5 Å². The molecule has 0 aliphatic rings. The van der Waals surface area contributed by atoms with Crippen molar-refractivity contribution in [1.29, 1.82) is 0 Å². The highest BCUT2D eigenvalue weighted by Gasteiger charge is 2.35. The van der Waals surface area contributed by atoms with Gasteiger partial charge >= 0.3 is 6.18 Å². The molecule has 1 aromatic heterocycles. The SMILES string of the molecule is CCc1cc(-c2cc(C(F)(F)F)nn2-c2ccc(S(C)(=O)=O)c(F)c2)ccc1O. The monoisotopic (exact) mass is 428 g/mol. The van der Waals surface area contributed by atoms with Crippen LogP contribution in [0.2, 0.25) is 0 Å². The maximum absolute atomic E-state index is 14.3. The fourth-order valence-electron chi connectivity index (χ4n) is 2.87. The standard InChI is InChI=1S/C19H16F4N2O3S/c1-3-11-8-12(4-6-16(11)26)15-10-18(19(21,22)23)24-25(15)13-5-7-17(14(20)9-13)29(2,27)28/h4-10,26H,3H2,1-2H3. The Morgan fingerprint density at radius 3 is 2.34 bits per heavy atom. The van der Waals surface area contributed by atoms with E-state index in [9.17, 15) is 31.1 Å². The first kappa shape index (κ1) is 20.8. The molecule has 1 heterocycles. The molecule has 5 nitrogen and oxygen atoms in total. The summed E-state index contributed by atoms with van der Waals surface area (Å²) in [6.07, 6.45) is -3.47. The number of aromatic nitrogens is 2. The number of aryl methyl sites for hydroxylation is 1. The lowest BCUT2D eigenvalue weighted by Crippen LogP contribution is -2.08. The van der Waals surface area contributed by atoms with E-state index in [1.165, 1.54) is 24.3 Å². The van der Waals surface area contributed by atoms with Gasteiger partial charge in [0.2, 0.25) is 0 Å². The van der Waals surface area contributed by atoms with Gasteiger partial charge in [0.1, 0.15) is 16.5 Å². The zero-order valence-electron chi connectivity index (χ0n) is 15.3. The van der Waals surface area contributed by atoms with Gasteiger partial charge in [-0.15, -0.1) is 0 Å². The third-order valence-electron chi connectivity index (χ3n) is 4.32. The minimum absolute atomic E-state index is 0.00177. The number of alkyl halides is 3. The fraction of sp³-hybridized carbons (Fsp3) is 0.211. The van der Waals surface area contributed by atoms with Gasteiger partial charge in [-0.1, -0.05) is 6.92 Å². The molecule has 0 spiro atoms. The largest absolute Gasteiger partial charge is 0.508 e. The van der Waals surface area contributed by atoms with Gasteiger partial charge in [0.05, 0.1) is 11.4 Å². The van der Waals surface area contributed by atoms with E-state index < -0.39 is 32.4 Å². The van der Waals surface area contributed by atoms with Crippen LogP contribution < -0.4 is 0 Å². The maximum atomic E-state index is 14.3. The number of nitrogens with zero attached hydrogens (tertiary/aromatic N) is 2. The van der Waals surface area contributed by atoms with E-state index in [-0.39, 0.29) is 17.1 Å². The smallest absolute Gasteiger partial charge is 0.435 e. The Morgan fingerprint density at radius 1 is 1.10 bits per heavy atom. The summed E-state index contributed by atoms with van der Waals surface area (Å²) in [5, 5.41) is 13.4. The van der Waals surface area contributed by atoms with Gasteiger partial charge in [0.25, 0.3) is 0 Å². The third-order valence-corrected chi connectivity index (χ3v) is 5.45. The molecule has 10 heteroatoms. The van der Waals surface area contributed by atoms with Crippen molar-refractivity contribution in [1.82, 2.24) is 9.78 Å². The van der Waals surface area contributed by atoms with Crippen LogP contribution in [0.5, 0.6) is 5.75 Å². The Morgan fingerprint density at radius 2 is 1.79 bits per heavy atom. The number of hydrogen-bond donors (Lipinski definition) is 1. The number of rotatable bonds is 4. The number of phenolic OH excluding ortho intramolecular Hbond substituents is 1. The summed E-state index contributed by atoms with van der Waals surface area (Å²) < 4.78 is 78.1. The van der Waals surface area contributed by atoms with Crippen LogP contribution in [0.25, 0.3) is 16.9 Å². The summed E-state index contributed by atoms with van der Waals surface area (Å²) in [5.74, 6) is -1.10. The van der Waals surface area contributed by atoms with E-state index in [1.54, 1.807) is 6.92 Å². The zero-order chi connectivity index (χ0) is 21.6. The van der Waals surface area contributed by atoms with Crippen molar-refractivity contribution in [3.63, 3.8) is 0 Å². The molecule has 0 amide bonds. The fourth-order valence-corrected chi connectivity index (χ4v) is 3.60. The quantitative estimate of drug-likeness (QED) is 0.627. The van der Waals surface area contributed by atoms with Gasteiger partial charge in [-0.2, -0.15) is 18.3 Å². The normalized spacial score (nSPS) is 12.3.